The van der Waals surface area contributed by atoms with Crippen LogP contribution in [0.15, 0.2) is 116 Å². The summed E-state index contributed by atoms with van der Waals surface area (Å²) in [5.74, 6) is -0.858. The van der Waals surface area contributed by atoms with Crippen LogP contribution in [0.5, 0.6) is 18.0 Å². The number of fused-ring (bicyclic) bond motifs is 6. The van der Waals surface area contributed by atoms with Gasteiger partial charge in [-0.05, 0) is 156 Å². The van der Waals surface area contributed by atoms with Crippen molar-refractivity contribution in [2.24, 2.45) is 8.73 Å². The quantitative estimate of drug-likeness (QED) is 0.0186. The largest absolute Gasteiger partial charge is 0.494 e. The van der Waals surface area contributed by atoms with Gasteiger partial charge in [0.15, 0.2) is 35.3 Å². The summed E-state index contributed by atoms with van der Waals surface area (Å²) in [5, 5.41) is 31.4. The van der Waals surface area contributed by atoms with Crippen molar-refractivity contribution in [3.8, 4) is 51.7 Å². The van der Waals surface area contributed by atoms with Gasteiger partial charge in [0, 0.05) is 105 Å². The van der Waals surface area contributed by atoms with Gasteiger partial charge in [0.25, 0.3) is 0 Å². The molecule has 13 heterocycles. The minimum atomic E-state index is -2.30. The van der Waals surface area contributed by atoms with Gasteiger partial charge in [-0.3, -0.25) is 13.7 Å². The van der Waals surface area contributed by atoms with E-state index in [0.717, 1.165) is 23.6 Å². The van der Waals surface area contributed by atoms with E-state index < -0.39 is 104 Å². The fourth-order valence-corrected chi connectivity index (χ4v) is 19.9. The number of aliphatic hydroxyl groups is 3. The number of aromatic nitrogens is 9. The van der Waals surface area contributed by atoms with Gasteiger partial charge < -0.3 is 81.5 Å². The number of benzene rings is 4. The lowest BCUT2D eigenvalue weighted by atomic mass is 9.79. The molecule has 30 nitrogen and oxygen atoms in total. The van der Waals surface area contributed by atoms with Crippen LogP contribution < -0.4 is 19.7 Å². The van der Waals surface area contributed by atoms with Crippen molar-refractivity contribution >= 4 is 174 Å². The van der Waals surface area contributed by atoms with Crippen LogP contribution in [0.3, 0.4) is 0 Å². The maximum atomic E-state index is 15.5. The Labute approximate surface area is 802 Å². The molecular formula is C88H113BBrCl3F2IN11O19S2Si3. The summed E-state index contributed by atoms with van der Waals surface area (Å²) in [6.07, 6.45) is 0.712. The normalized spacial score (nSPS) is 23.3. The average Bonchev–Trinajstić information content (AvgIpc) is 1.63. The van der Waals surface area contributed by atoms with E-state index >= 15 is 4.39 Å². The van der Waals surface area contributed by atoms with Crippen LogP contribution in [-0.4, -0.2) is 268 Å². The lowest BCUT2D eigenvalue weighted by Gasteiger charge is -2.32. The molecule has 0 saturated carbocycles. The molecule has 0 amide bonds. The second-order valence-corrected chi connectivity index (χ2v) is 63.5. The Morgan fingerprint density at radius 3 is 1.17 bits per heavy atom. The van der Waals surface area contributed by atoms with E-state index in [-0.39, 0.29) is 102 Å². The molecule has 7 saturated heterocycles. The van der Waals surface area contributed by atoms with Crippen LogP contribution in [0.1, 0.15) is 27.7 Å². The molecular weight excluding hydrogens is 2030 g/mol. The minimum absolute atomic E-state index is 0.135. The molecule has 10 aromatic rings. The summed E-state index contributed by atoms with van der Waals surface area (Å²) in [7, 11) is -8.60. The highest BCUT2D eigenvalue weighted by atomic mass is 127. The number of nitrogens with zero attached hydrogens (tertiary/aromatic N) is 11. The molecule has 43 heteroatoms. The molecule has 6 aromatic heterocycles. The Kier molecular flexibility index (Phi) is 32.0. The van der Waals surface area contributed by atoms with Crippen LogP contribution in [0.2, 0.25) is 92.1 Å². The first-order chi connectivity index (χ1) is 61.6. The van der Waals surface area contributed by atoms with E-state index in [2.05, 4.69) is 126 Å². The average molecular weight is 2140 g/mol. The first-order valence-electron chi connectivity index (χ1n) is 43.1. The molecule has 131 heavy (non-hydrogen) atoms. The fourth-order valence-electron chi connectivity index (χ4n) is 15.1. The third kappa shape index (κ3) is 25.2. The Bertz CT molecular complexity index is 6020. The Morgan fingerprint density at radius 1 is 0.473 bits per heavy atom. The second kappa shape index (κ2) is 41.4. The molecule has 7 aliphatic rings. The topological polar surface area (TPSA) is 341 Å². The van der Waals surface area contributed by atoms with Crippen LogP contribution in [0.25, 0.3) is 67.1 Å². The Morgan fingerprint density at radius 2 is 0.809 bits per heavy atom. The predicted molar refractivity (Wildman–Crippen MR) is 523 cm³/mol. The molecule has 17 rings (SSSR count). The van der Waals surface area contributed by atoms with Gasteiger partial charge >= 0.3 is 25.1 Å². The van der Waals surface area contributed by atoms with Gasteiger partial charge in [-0.2, -0.15) is 23.7 Å². The van der Waals surface area contributed by atoms with Crippen molar-refractivity contribution < 1.29 is 98.7 Å². The summed E-state index contributed by atoms with van der Waals surface area (Å²) >= 11 is 24.8. The monoisotopic (exact) mass is 2140 g/mol. The van der Waals surface area contributed by atoms with Crippen molar-refractivity contribution in [1.82, 2.24) is 43.6 Å². The van der Waals surface area contributed by atoms with E-state index in [9.17, 15) is 28.1 Å². The third-order valence-corrected chi connectivity index (χ3v) is 32.0. The summed E-state index contributed by atoms with van der Waals surface area (Å²) in [4.78, 5) is 28.1. The molecule has 0 unspecified atom stereocenters. The Hall–Kier alpha value is -5.86. The lowest BCUT2D eigenvalue weighted by molar-refractivity contribution is 0.00332. The van der Waals surface area contributed by atoms with E-state index in [1.54, 1.807) is 101 Å². The Balaban J connectivity index is 0.000000146. The number of aliphatic hydroxyl groups excluding tert-OH is 3. The van der Waals surface area contributed by atoms with Crippen molar-refractivity contribution in [1.29, 1.82) is 0 Å². The zero-order valence-corrected chi connectivity index (χ0v) is 86.8. The van der Waals surface area contributed by atoms with Crippen molar-refractivity contribution in [3.63, 3.8) is 0 Å². The number of imidazole rings is 3. The molecule has 0 aliphatic carbocycles. The molecule has 12 atom stereocenters. The fraction of sp³-hybridized carbons (Fsp3) is 0.523. The van der Waals surface area contributed by atoms with Crippen molar-refractivity contribution in [2.45, 2.75) is 209 Å². The molecule has 3 N–H and O–H groups in total. The van der Waals surface area contributed by atoms with Gasteiger partial charge in [-0.1, -0.05) is 136 Å². The number of pyridine rings is 3. The van der Waals surface area contributed by atoms with Gasteiger partial charge in [-0.15, -0.1) is 0 Å². The second-order valence-electron chi connectivity index (χ2n) is 38.5. The summed E-state index contributed by atoms with van der Waals surface area (Å²) in [6.45, 7) is 32.7. The van der Waals surface area contributed by atoms with E-state index in [1.807, 2.05) is 56.5 Å². The number of rotatable bonds is 27. The smallest absolute Gasteiger partial charge is 0.456 e. The molecule has 710 valence electrons. The zero-order chi connectivity index (χ0) is 94.4. The molecule has 4 aromatic carbocycles. The highest BCUT2D eigenvalue weighted by Gasteiger charge is 2.54. The highest BCUT2D eigenvalue weighted by molar-refractivity contribution is 14.1. The van der Waals surface area contributed by atoms with Gasteiger partial charge in [0.1, 0.15) is 107 Å². The van der Waals surface area contributed by atoms with Crippen LogP contribution in [0.4, 0.5) is 20.2 Å². The number of halogens is 7. The molecule has 7 fully saturated rings. The SMILES string of the molecule is CC1(C)OB(c2ccc(N=S(C)(C)=O)cc2)OC1(C)C.C[Si](C)(C)CCOCn1c(O[C@@H]2CO[C@H]3[C@@H]2OC[C@H]3O)nc2cc(Cl)c(-c3ccc(-c4ccc(N=S(C)(C)=O)cc4)c(F)c3)nc21.C[Si](C)(C)CCOCn1c(O[C@@H]2CO[C@H]3[C@@H]2OC[C@H]3O)nc2cc(Cl)c(-c3ccc(Br)c(F)c3)nc21.C[Si](C)(C)CCOCn1c(O[C@@H]2CO[C@H]3[C@@H]2OC[C@H]3O)nc2cc(Cl)c(I)nc21. The standard InChI is InChI=1S/C32H38ClFN4O6SSi.C24H28BrClFN3O5Si.C18H25ClIN3O5Si.C14H22BNO3S/c1-45(2,40)37-21-9-6-19(7-10-21)22-11-8-20(14-24(22)34)28-23(33)15-25-31(36-28)38(18-41-12-13-46(3,4)5)32(35-25)44-27-17-43-29-26(39)16-42-30(27)29;1-36(2,3)7-6-32-12-30-23-17(9-15(26)20(29-23)13-4-5-14(25)16(27)8-13)28-24(30)35-19-11-34-21-18(31)10-33-22(19)21;1-29(2,3)5-4-25-9-23-17-11(6-10(19)16(20)22-17)21-18(23)28-13-8-27-14-12(24)7-26-15(13)14;1-13(2)14(3,4)19-15(18-13)11-7-9-12(10-8-11)16-20(5,6)17/h6-11,14-15,26-27,29-30,39H,12-13,16-18H2,1-5H3;4-5,8-9,18-19,21-22,31H,6-7,10-12H2,1-3H3;6,12-15,24H,4-5,7-9H2,1-3H3;7-10H,1-6H3/t26-,27-,29-,30-;18-,19-,21-,22-;12-,13-,14-,15-;/m111./s1. The van der Waals surface area contributed by atoms with Crippen LogP contribution in [-0.2, 0) is 91.6 Å². The molecule has 0 bridgehead atoms. The zero-order valence-electron chi connectivity index (χ0n) is 76.2. The molecule has 0 spiro atoms. The first kappa shape index (κ1) is 101. The predicted octanol–water partition coefficient (Wildman–Crippen LogP) is 16.3. The van der Waals surface area contributed by atoms with E-state index in [0.29, 0.717) is 140 Å². The number of ether oxygens (including phenoxy) is 12. The van der Waals surface area contributed by atoms with Crippen molar-refractivity contribution in [3.05, 3.63) is 138 Å². The van der Waals surface area contributed by atoms with Gasteiger partial charge in [0.05, 0.1) is 93.1 Å². The summed E-state index contributed by atoms with van der Waals surface area (Å²) in [5.41, 5.74) is 7.71. The molecule has 7 aliphatic heterocycles. The molecule has 0 radical (unpaired) electrons. The van der Waals surface area contributed by atoms with Gasteiger partial charge in [0.2, 0.25) is 0 Å². The number of hydrogen-bond donors (Lipinski definition) is 3. The van der Waals surface area contributed by atoms with E-state index in [4.69, 9.17) is 111 Å². The highest BCUT2D eigenvalue weighted by Crippen LogP contribution is 2.42. The first-order valence-corrected chi connectivity index (χ1v) is 61.9. The number of hydrogen-bond acceptors (Lipinski definition) is 27. The summed E-state index contributed by atoms with van der Waals surface area (Å²) < 4.78 is 151. The maximum Gasteiger partial charge on any atom is 0.494 e. The van der Waals surface area contributed by atoms with Crippen molar-refractivity contribution in [2.75, 3.05) is 84.5 Å². The van der Waals surface area contributed by atoms with Crippen LogP contribution in [0, 0.1) is 15.3 Å². The van der Waals surface area contributed by atoms with E-state index in [1.165, 1.54) is 12.1 Å². The maximum absolute atomic E-state index is 15.5. The minimum Gasteiger partial charge on any atom is -0.456 e. The van der Waals surface area contributed by atoms with Gasteiger partial charge in [-0.25, -0.2) is 32.2 Å². The summed E-state index contributed by atoms with van der Waals surface area (Å²) in [6, 6.07) is 33.2. The third-order valence-electron chi connectivity index (χ3n) is 22.9. The van der Waals surface area contributed by atoms with Crippen LogP contribution >= 0.6 is 73.3 Å². The lowest BCUT2D eigenvalue weighted by Crippen LogP contribution is -2.41.